The van der Waals surface area contributed by atoms with Gasteiger partial charge < -0.3 is 5.73 Å². The third-order valence-corrected chi connectivity index (χ3v) is 3.48. The van der Waals surface area contributed by atoms with E-state index in [2.05, 4.69) is 15.9 Å². The van der Waals surface area contributed by atoms with Gasteiger partial charge in [0.15, 0.2) is 0 Å². The van der Waals surface area contributed by atoms with Crippen LogP contribution < -0.4 is 5.73 Å². The lowest BCUT2D eigenvalue weighted by Gasteiger charge is -2.21. The number of fused-ring (bicyclic) bond motifs is 1. The Labute approximate surface area is 118 Å². The topological polar surface area (TPSA) is 63.4 Å². The Hall–Kier alpha value is -1.27. The first-order chi connectivity index (χ1) is 8.41. The zero-order valence-electron chi connectivity index (χ0n) is 9.64. The molecule has 1 aliphatic heterocycles. The first-order valence-electron chi connectivity index (χ1n) is 5.37. The van der Waals surface area contributed by atoms with E-state index >= 15 is 0 Å². The van der Waals surface area contributed by atoms with Crippen LogP contribution in [0.4, 0.5) is 0 Å². The molecule has 0 aromatic heterocycles. The lowest BCUT2D eigenvalue weighted by molar-refractivity contribution is 0.0601. The number of hydrogen-bond donors (Lipinski definition) is 1. The first-order valence-corrected chi connectivity index (χ1v) is 6.57. The van der Waals surface area contributed by atoms with Crippen molar-refractivity contribution in [3.05, 3.63) is 33.8 Å². The van der Waals surface area contributed by atoms with Crippen molar-refractivity contribution in [2.45, 2.75) is 19.4 Å². The van der Waals surface area contributed by atoms with Crippen LogP contribution in [0.5, 0.6) is 0 Å². The summed E-state index contributed by atoms with van der Waals surface area (Å²) < 4.78 is 0.770. The zero-order valence-corrected chi connectivity index (χ0v) is 12.0. The van der Waals surface area contributed by atoms with E-state index in [1.807, 2.05) is 0 Å². The van der Waals surface area contributed by atoms with Gasteiger partial charge in [-0.2, -0.15) is 0 Å². The molecular formula is C12H11BrN2O2S. The van der Waals surface area contributed by atoms with E-state index < -0.39 is 0 Å². The van der Waals surface area contributed by atoms with Crippen LogP contribution in [0.3, 0.4) is 0 Å². The molecule has 0 fully saturated rings. The van der Waals surface area contributed by atoms with Crippen LogP contribution in [-0.2, 0) is 0 Å². The maximum Gasteiger partial charge on any atom is 0.261 e. The number of nitrogens with two attached hydrogens (primary N) is 1. The second-order valence-electron chi connectivity index (χ2n) is 4.19. The molecule has 0 spiro atoms. The number of amides is 2. The fourth-order valence-corrected chi connectivity index (χ4v) is 2.62. The number of rotatable bonds is 3. The highest BCUT2D eigenvalue weighted by molar-refractivity contribution is 9.10. The van der Waals surface area contributed by atoms with E-state index in [4.69, 9.17) is 18.0 Å². The molecule has 4 nitrogen and oxygen atoms in total. The summed E-state index contributed by atoms with van der Waals surface area (Å²) in [6.07, 6.45) is 0.335. The molecule has 94 valence electrons. The van der Waals surface area contributed by atoms with E-state index in [0.29, 0.717) is 22.5 Å². The van der Waals surface area contributed by atoms with Crippen molar-refractivity contribution >= 4 is 45.0 Å². The Kier molecular flexibility index (Phi) is 3.49. The molecule has 1 aliphatic rings. The van der Waals surface area contributed by atoms with E-state index in [9.17, 15) is 9.59 Å². The third-order valence-electron chi connectivity index (χ3n) is 2.82. The predicted molar refractivity (Wildman–Crippen MR) is 75.5 cm³/mol. The number of imide groups is 1. The molecule has 2 amide bonds. The van der Waals surface area contributed by atoms with Crippen LogP contribution in [0.1, 0.15) is 34.1 Å². The normalized spacial score (nSPS) is 15.8. The van der Waals surface area contributed by atoms with Crippen LogP contribution >= 0.6 is 28.1 Å². The summed E-state index contributed by atoms with van der Waals surface area (Å²) in [6.45, 7) is 1.76. The molecule has 2 rings (SSSR count). The van der Waals surface area contributed by atoms with Gasteiger partial charge in [0.05, 0.1) is 16.1 Å². The van der Waals surface area contributed by atoms with Crippen LogP contribution in [0.2, 0.25) is 0 Å². The van der Waals surface area contributed by atoms with Crippen LogP contribution in [-0.4, -0.2) is 27.7 Å². The molecule has 0 saturated carbocycles. The van der Waals surface area contributed by atoms with Gasteiger partial charge in [0.25, 0.3) is 11.8 Å². The number of halogens is 1. The second-order valence-corrected chi connectivity index (χ2v) is 5.63. The van der Waals surface area contributed by atoms with Gasteiger partial charge in [-0.25, -0.2) is 0 Å². The zero-order chi connectivity index (χ0) is 13.4. The summed E-state index contributed by atoms with van der Waals surface area (Å²) in [7, 11) is 0. The Morgan fingerprint density at radius 2 is 2.00 bits per heavy atom. The smallest absolute Gasteiger partial charge is 0.261 e. The van der Waals surface area contributed by atoms with Crippen molar-refractivity contribution in [2.75, 3.05) is 0 Å². The fraction of sp³-hybridized carbons (Fsp3) is 0.250. The van der Waals surface area contributed by atoms with Crippen molar-refractivity contribution in [1.82, 2.24) is 4.90 Å². The van der Waals surface area contributed by atoms with Gasteiger partial charge in [-0.1, -0.05) is 28.1 Å². The third kappa shape index (κ3) is 2.18. The summed E-state index contributed by atoms with van der Waals surface area (Å²) in [5.74, 6) is -0.577. The molecule has 0 aliphatic carbocycles. The van der Waals surface area contributed by atoms with Gasteiger partial charge in [-0.05, 0) is 25.1 Å². The highest BCUT2D eigenvalue weighted by Crippen LogP contribution is 2.28. The lowest BCUT2D eigenvalue weighted by Crippen LogP contribution is -2.39. The Bertz CT molecular complexity index is 559. The number of carbonyl (C=O) groups is 2. The molecule has 1 unspecified atom stereocenters. The predicted octanol–water partition coefficient (Wildman–Crippen LogP) is 2.11. The van der Waals surface area contributed by atoms with Gasteiger partial charge in [0.1, 0.15) is 0 Å². The van der Waals surface area contributed by atoms with E-state index in [-0.39, 0.29) is 17.9 Å². The average Bonchev–Trinajstić information content (AvgIpc) is 2.50. The summed E-state index contributed by atoms with van der Waals surface area (Å²) >= 11 is 8.10. The largest absolute Gasteiger partial charge is 0.393 e. The first kappa shape index (κ1) is 13.2. The number of thiocarbonyl (C=S) groups is 1. The van der Waals surface area contributed by atoms with E-state index in [1.54, 1.807) is 25.1 Å². The average molecular weight is 327 g/mol. The summed E-state index contributed by atoms with van der Waals surface area (Å²) in [6, 6.07) is 4.72. The maximum atomic E-state index is 12.2. The molecular weight excluding hydrogens is 316 g/mol. The molecule has 18 heavy (non-hydrogen) atoms. The minimum atomic E-state index is -0.325. The van der Waals surface area contributed by atoms with Crippen molar-refractivity contribution in [1.29, 1.82) is 0 Å². The van der Waals surface area contributed by atoms with E-state index in [1.165, 1.54) is 4.90 Å². The molecule has 1 heterocycles. The minimum absolute atomic E-state index is 0.286. The molecule has 0 saturated heterocycles. The number of carbonyl (C=O) groups excluding carboxylic acids is 2. The number of nitrogens with zero attached hydrogens (tertiary/aromatic N) is 1. The standard InChI is InChI=1S/C12H11BrN2O2S/c1-6(4-10(14)18)15-11(16)8-3-2-7(13)5-9(8)12(15)17/h2-3,5-6H,4H2,1H3,(H2,14,18). The number of benzene rings is 1. The van der Waals surface area contributed by atoms with Crippen molar-refractivity contribution < 1.29 is 9.59 Å². The lowest BCUT2D eigenvalue weighted by atomic mass is 10.1. The molecule has 1 atom stereocenters. The Morgan fingerprint density at radius 3 is 2.61 bits per heavy atom. The quantitative estimate of drug-likeness (QED) is 0.682. The monoisotopic (exact) mass is 326 g/mol. The van der Waals surface area contributed by atoms with Crippen LogP contribution in [0, 0.1) is 0 Å². The van der Waals surface area contributed by atoms with Gasteiger partial charge in [0, 0.05) is 16.9 Å². The second kappa shape index (κ2) is 4.78. The van der Waals surface area contributed by atoms with Crippen LogP contribution in [0.15, 0.2) is 22.7 Å². The Morgan fingerprint density at radius 1 is 1.39 bits per heavy atom. The van der Waals surface area contributed by atoms with Gasteiger partial charge in [-0.15, -0.1) is 0 Å². The molecule has 0 bridgehead atoms. The van der Waals surface area contributed by atoms with E-state index in [0.717, 1.165) is 4.47 Å². The number of hydrogen-bond acceptors (Lipinski definition) is 3. The maximum absolute atomic E-state index is 12.2. The van der Waals surface area contributed by atoms with Crippen LogP contribution in [0.25, 0.3) is 0 Å². The van der Waals surface area contributed by atoms with Gasteiger partial charge in [0.2, 0.25) is 0 Å². The Balaban J connectivity index is 2.36. The fourth-order valence-electron chi connectivity index (χ4n) is 2.01. The minimum Gasteiger partial charge on any atom is -0.393 e. The van der Waals surface area contributed by atoms with Crippen molar-refractivity contribution in [2.24, 2.45) is 5.73 Å². The molecule has 1 aromatic rings. The highest BCUT2D eigenvalue weighted by Gasteiger charge is 2.38. The summed E-state index contributed by atoms with van der Waals surface area (Å²) in [5, 5.41) is 0. The summed E-state index contributed by atoms with van der Waals surface area (Å²) in [4.78, 5) is 25.8. The molecule has 2 N–H and O–H groups in total. The van der Waals surface area contributed by atoms with Gasteiger partial charge >= 0.3 is 0 Å². The highest BCUT2D eigenvalue weighted by atomic mass is 79.9. The van der Waals surface area contributed by atoms with Crippen molar-refractivity contribution in [3.8, 4) is 0 Å². The van der Waals surface area contributed by atoms with Crippen molar-refractivity contribution in [3.63, 3.8) is 0 Å². The summed E-state index contributed by atoms with van der Waals surface area (Å²) in [5.41, 5.74) is 6.30. The van der Waals surface area contributed by atoms with Gasteiger partial charge in [-0.3, -0.25) is 14.5 Å². The molecule has 0 radical (unpaired) electrons. The molecule has 6 heteroatoms. The molecule has 1 aromatic carbocycles. The SMILES string of the molecule is CC(CC(N)=S)N1C(=O)c2ccc(Br)cc2C1=O.